The van der Waals surface area contributed by atoms with Crippen molar-refractivity contribution in [1.29, 1.82) is 0 Å². The van der Waals surface area contributed by atoms with Crippen LogP contribution in [0.2, 0.25) is 0 Å². The molecule has 2 aromatic heterocycles. The zero-order chi connectivity index (χ0) is 20.9. The van der Waals surface area contributed by atoms with Crippen molar-refractivity contribution in [1.82, 2.24) is 24.2 Å². The second-order valence-electron chi connectivity index (χ2n) is 7.33. The molecule has 0 aliphatic carbocycles. The summed E-state index contributed by atoms with van der Waals surface area (Å²) in [6, 6.07) is 7.80. The number of benzene rings is 1. The van der Waals surface area contributed by atoms with Gasteiger partial charge in [0.1, 0.15) is 17.3 Å². The molecule has 0 radical (unpaired) electrons. The molecule has 3 aromatic rings. The van der Waals surface area contributed by atoms with Gasteiger partial charge in [-0.1, -0.05) is 6.92 Å². The summed E-state index contributed by atoms with van der Waals surface area (Å²) in [5.74, 6) is 1.85. The first-order valence-corrected chi connectivity index (χ1v) is 10.4. The number of rotatable bonds is 7. The largest absolute Gasteiger partial charge is 0.497 e. The van der Waals surface area contributed by atoms with Crippen LogP contribution in [0.15, 0.2) is 42.9 Å². The molecule has 4 rings (SSSR count). The van der Waals surface area contributed by atoms with Crippen molar-refractivity contribution in [2.45, 2.75) is 13.3 Å². The molecule has 3 heterocycles. The van der Waals surface area contributed by atoms with Gasteiger partial charge in [-0.25, -0.2) is 4.98 Å². The molecule has 0 atom stereocenters. The summed E-state index contributed by atoms with van der Waals surface area (Å²) in [5, 5.41) is 3.44. The predicted octanol–water partition coefficient (Wildman–Crippen LogP) is 2.37. The summed E-state index contributed by atoms with van der Waals surface area (Å²) in [6.07, 6.45) is 5.79. The molecule has 8 nitrogen and oxygen atoms in total. The van der Waals surface area contributed by atoms with Crippen molar-refractivity contribution in [3.8, 4) is 17.0 Å². The van der Waals surface area contributed by atoms with Crippen LogP contribution in [0, 0.1) is 0 Å². The number of likely N-dealkylation sites (N-methyl/N-ethyl adjacent to an activating group) is 1. The number of aromatic nitrogens is 3. The van der Waals surface area contributed by atoms with E-state index in [2.05, 4.69) is 22.1 Å². The quantitative estimate of drug-likeness (QED) is 0.647. The second-order valence-corrected chi connectivity index (χ2v) is 7.33. The third kappa shape index (κ3) is 4.23. The lowest BCUT2D eigenvalue weighted by atomic mass is 10.1. The van der Waals surface area contributed by atoms with Gasteiger partial charge < -0.3 is 19.9 Å². The van der Waals surface area contributed by atoms with E-state index in [1.165, 1.54) is 0 Å². The number of carbonyl (C=O) groups is 1. The monoisotopic (exact) mass is 408 g/mol. The van der Waals surface area contributed by atoms with Gasteiger partial charge in [0.15, 0.2) is 5.65 Å². The van der Waals surface area contributed by atoms with Crippen LogP contribution in [-0.4, -0.2) is 76.5 Å². The number of nitrogens with one attached hydrogen (secondary N) is 1. The smallest absolute Gasteiger partial charge is 0.224 e. The minimum absolute atomic E-state index is 0.194. The van der Waals surface area contributed by atoms with Crippen LogP contribution in [-0.2, 0) is 4.79 Å². The Bertz CT molecular complexity index is 993. The standard InChI is InChI=1S/C22H28N6O2/c1-3-26-12-14-27(15-13-26)20(29)8-9-24-22-21(17-4-6-18(30-2)7-5-17)25-19-16-23-10-11-28(19)22/h4-7,10-11,16,24H,3,8-9,12-15H2,1-2H3. The Morgan fingerprint density at radius 1 is 1.17 bits per heavy atom. The van der Waals surface area contributed by atoms with Crippen molar-refractivity contribution in [3.05, 3.63) is 42.9 Å². The average molecular weight is 409 g/mol. The van der Waals surface area contributed by atoms with Gasteiger partial charge in [-0.15, -0.1) is 0 Å². The van der Waals surface area contributed by atoms with E-state index in [0.717, 1.165) is 61.2 Å². The van der Waals surface area contributed by atoms with Crippen LogP contribution in [0.25, 0.3) is 16.9 Å². The first-order chi connectivity index (χ1) is 14.7. The fourth-order valence-corrected chi connectivity index (χ4v) is 3.79. The van der Waals surface area contributed by atoms with Crippen LogP contribution in [0.3, 0.4) is 0 Å². The highest BCUT2D eigenvalue weighted by Gasteiger charge is 2.20. The fraction of sp³-hybridized carbons (Fsp3) is 0.409. The lowest BCUT2D eigenvalue weighted by Gasteiger charge is -2.34. The number of hydrogen-bond acceptors (Lipinski definition) is 6. The van der Waals surface area contributed by atoms with Crippen LogP contribution in [0.5, 0.6) is 5.75 Å². The third-order valence-electron chi connectivity index (χ3n) is 5.60. The summed E-state index contributed by atoms with van der Waals surface area (Å²) >= 11 is 0. The predicted molar refractivity (Wildman–Crippen MR) is 117 cm³/mol. The molecule has 1 aliphatic heterocycles. The van der Waals surface area contributed by atoms with Gasteiger partial charge in [-0.2, -0.15) is 0 Å². The molecule has 1 N–H and O–H groups in total. The first kappa shape index (κ1) is 20.2. The maximum atomic E-state index is 12.6. The minimum atomic E-state index is 0.194. The lowest BCUT2D eigenvalue weighted by Crippen LogP contribution is -2.48. The number of piperazine rings is 1. The average Bonchev–Trinajstić information content (AvgIpc) is 3.17. The highest BCUT2D eigenvalue weighted by atomic mass is 16.5. The topological polar surface area (TPSA) is 75.0 Å². The van der Waals surface area contributed by atoms with Gasteiger partial charge >= 0.3 is 0 Å². The Hall–Kier alpha value is -3.13. The molecule has 0 saturated carbocycles. The minimum Gasteiger partial charge on any atom is -0.497 e. The molecule has 30 heavy (non-hydrogen) atoms. The second kappa shape index (κ2) is 9.13. The van der Waals surface area contributed by atoms with Crippen LogP contribution < -0.4 is 10.1 Å². The molecule has 1 saturated heterocycles. The number of methoxy groups -OCH3 is 1. The molecule has 1 aromatic carbocycles. The maximum absolute atomic E-state index is 12.6. The summed E-state index contributed by atoms with van der Waals surface area (Å²) in [6.45, 7) is 7.28. The van der Waals surface area contributed by atoms with Gasteiger partial charge in [0.25, 0.3) is 0 Å². The van der Waals surface area contributed by atoms with Gasteiger partial charge in [-0.3, -0.25) is 14.2 Å². The Balaban J connectivity index is 1.47. The molecule has 0 unspecified atom stereocenters. The van der Waals surface area contributed by atoms with Crippen molar-refractivity contribution < 1.29 is 9.53 Å². The zero-order valence-corrected chi connectivity index (χ0v) is 17.5. The van der Waals surface area contributed by atoms with Crippen molar-refractivity contribution in [2.75, 3.05) is 51.7 Å². The van der Waals surface area contributed by atoms with E-state index in [4.69, 9.17) is 9.72 Å². The van der Waals surface area contributed by atoms with Crippen molar-refractivity contribution in [2.24, 2.45) is 0 Å². The Labute approximate surface area is 176 Å². The van der Waals surface area contributed by atoms with Crippen LogP contribution in [0.4, 0.5) is 5.82 Å². The van der Waals surface area contributed by atoms with E-state index in [9.17, 15) is 4.79 Å². The van der Waals surface area contributed by atoms with Crippen molar-refractivity contribution >= 4 is 17.4 Å². The van der Waals surface area contributed by atoms with E-state index in [0.29, 0.717) is 13.0 Å². The summed E-state index contributed by atoms with van der Waals surface area (Å²) < 4.78 is 7.23. The molecular weight excluding hydrogens is 380 g/mol. The summed E-state index contributed by atoms with van der Waals surface area (Å²) in [5.41, 5.74) is 2.56. The Morgan fingerprint density at radius 3 is 2.63 bits per heavy atom. The lowest BCUT2D eigenvalue weighted by molar-refractivity contribution is -0.132. The molecule has 8 heteroatoms. The Kier molecular flexibility index (Phi) is 6.13. The molecule has 1 aliphatic rings. The molecule has 0 spiro atoms. The fourth-order valence-electron chi connectivity index (χ4n) is 3.79. The molecule has 1 amide bonds. The number of fused-ring (bicyclic) bond motifs is 1. The first-order valence-electron chi connectivity index (χ1n) is 10.4. The third-order valence-corrected chi connectivity index (χ3v) is 5.60. The Morgan fingerprint density at radius 2 is 1.93 bits per heavy atom. The highest BCUT2D eigenvalue weighted by Crippen LogP contribution is 2.29. The van der Waals surface area contributed by atoms with Gasteiger partial charge in [0, 0.05) is 57.1 Å². The van der Waals surface area contributed by atoms with E-state index in [1.807, 2.05) is 39.8 Å². The van der Waals surface area contributed by atoms with Gasteiger partial charge in [0.05, 0.1) is 13.3 Å². The number of carbonyl (C=O) groups excluding carboxylic acids is 1. The van der Waals surface area contributed by atoms with E-state index >= 15 is 0 Å². The SMILES string of the molecule is CCN1CCN(C(=O)CCNc2c(-c3ccc(OC)cc3)nc3cnccn23)CC1. The van der Waals surface area contributed by atoms with Crippen molar-refractivity contribution in [3.63, 3.8) is 0 Å². The molecular formula is C22H28N6O2. The van der Waals surface area contributed by atoms with E-state index in [1.54, 1.807) is 19.5 Å². The number of amides is 1. The molecule has 1 fully saturated rings. The van der Waals surface area contributed by atoms with Gasteiger partial charge in [0.2, 0.25) is 5.91 Å². The number of anilines is 1. The highest BCUT2D eigenvalue weighted by molar-refractivity contribution is 5.79. The van der Waals surface area contributed by atoms with Crippen LogP contribution in [0.1, 0.15) is 13.3 Å². The molecule has 0 bridgehead atoms. The number of ether oxygens (including phenoxy) is 1. The number of hydrogen-bond donors (Lipinski definition) is 1. The normalized spacial score (nSPS) is 14.8. The van der Waals surface area contributed by atoms with E-state index < -0.39 is 0 Å². The maximum Gasteiger partial charge on any atom is 0.224 e. The van der Waals surface area contributed by atoms with Crippen LogP contribution >= 0.6 is 0 Å². The molecule has 158 valence electrons. The summed E-state index contributed by atoms with van der Waals surface area (Å²) in [4.78, 5) is 25.9. The van der Waals surface area contributed by atoms with E-state index in [-0.39, 0.29) is 5.91 Å². The van der Waals surface area contributed by atoms with Gasteiger partial charge in [-0.05, 0) is 30.8 Å². The summed E-state index contributed by atoms with van der Waals surface area (Å²) in [7, 11) is 1.65. The number of imidazole rings is 1. The zero-order valence-electron chi connectivity index (χ0n) is 17.5. The number of nitrogens with zero attached hydrogens (tertiary/aromatic N) is 5.